The SMILES string of the molecule is CC1OC(C2CCCN([C@@H]3CC[C@@]4(C3)C(=O)N3Cc5cc(C(F)(F)F)cnc5CC3C4C)C2)O1. The molecule has 0 bridgehead atoms. The molecule has 3 saturated heterocycles. The van der Waals surface area contributed by atoms with Crippen molar-refractivity contribution in [2.75, 3.05) is 13.1 Å². The summed E-state index contributed by atoms with van der Waals surface area (Å²) >= 11 is 0. The van der Waals surface area contributed by atoms with E-state index in [1.807, 2.05) is 11.8 Å². The van der Waals surface area contributed by atoms with Gasteiger partial charge < -0.3 is 14.4 Å². The number of pyridine rings is 1. The number of hydrogen-bond acceptors (Lipinski definition) is 5. The summed E-state index contributed by atoms with van der Waals surface area (Å²) in [4.78, 5) is 22.3. The van der Waals surface area contributed by atoms with Gasteiger partial charge in [-0.1, -0.05) is 6.92 Å². The summed E-state index contributed by atoms with van der Waals surface area (Å²) < 4.78 is 51.1. The van der Waals surface area contributed by atoms with Crippen LogP contribution in [0.3, 0.4) is 0 Å². The molecule has 3 unspecified atom stereocenters. The predicted octanol–water partition coefficient (Wildman–Crippen LogP) is 3.97. The number of fused-ring (bicyclic) bond motifs is 2. The number of nitrogens with zero attached hydrogens (tertiary/aromatic N) is 3. The predicted molar refractivity (Wildman–Crippen MR) is 116 cm³/mol. The second-order valence-electron chi connectivity index (χ2n) is 11.0. The van der Waals surface area contributed by atoms with Crippen LogP contribution in [-0.2, 0) is 33.4 Å². The van der Waals surface area contributed by atoms with Crippen molar-refractivity contribution in [2.24, 2.45) is 17.3 Å². The standard InChI is InChI=1S/C25H32F3N3O3/c1-14-21-9-20-17(8-18(11-29-20)25(26,27)28)13-31(21)23(32)24(14)6-5-19(10-24)30-7-3-4-16(12-30)22-33-15(2)34-22/h8,11,14-16,19,21-22H,3-7,9-10,12-13H2,1-2H3/t14?,15?,16?,19-,21?,22?,24+/m1/s1. The second-order valence-corrected chi connectivity index (χ2v) is 11.0. The Morgan fingerprint density at radius 3 is 2.74 bits per heavy atom. The van der Waals surface area contributed by atoms with Gasteiger partial charge >= 0.3 is 6.18 Å². The average molecular weight is 480 g/mol. The monoisotopic (exact) mass is 479 g/mol. The third-order valence-electron chi connectivity index (χ3n) is 9.23. The van der Waals surface area contributed by atoms with Crippen molar-refractivity contribution < 1.29 is 27.4 Å². The lowest BCUT2D eigenvalue weighted by Gasteiger charge is -2.44. The molecule has 34 heavy (non-hydrogen) atoms. The van der Waals surface area contributed by atoms with Crippen LogP contribution < -0.4 is 0 Å². The highest BCUT2D eigenvalue weighted by Crippen LogP contribution is 2.55. The molecule has 5 aliphatic rings. The number of ether oxygens (including phenoxy) is 2. The van der Waals surface area contributed by atoms with Gasteiger partial charge in [0.1, 0.15) is 0 Å². The number of piperidine rings is 1. The van der Waals surface area contributed by atoms with Crippen LogP contribution >= 0.6 is 0 Å². The first-order chi connectivity index (χ1) is 16.2. The summed E-state index contributed by atoms with van der Waals surface area (Å²) in [5, 5.41) is 0. The Balaban J connectivity index is 1.18. The molecule has 4 aliphatic heterocycles. The van der Waals surface area contributed by atoms with E-state index in [0.29, 0.717) is 29.6 Å². The topological polar surface area (TPSA) is 54.9 Å². The zero-order valence-electron chi connectivity index (χ0n) is 19.7. The molecule has 0 aromatic carbocycles. The second kappa shape index (κ2) is 7.90. The minimum atomic E-state index is -4.43. The summed E-state index contributed by atoms with van der Waals surface area (Å²) in [7, 11) is 0. The van der Waals surface area contributed by atoms with Crippen molar-refractivity contribution in [3.63, 3.8) is 0 Å². The zero-order chi connectivity index (χ0) is 23.8. The van der Waals surface area contributed by atoms with Crippen LogP contribution in [0.2, 0.25) is 0 Å². The fourth-order valence-corrected chi connectivity index (χ4v) is 7.31. The fraction of sp³-hybridized carbons (Fsp3) is 0.760. The van der Waals surface area contributed by atoms with Gasteiger partial charge in [-0.15, -0.1) is 0 Å². The van der Waals surface area contributed by atoms with Crippen LogP contribution in [0.4, 0.5) is 13.2 Å². The van der Waals surface area contributed by atoms with Gasteiger partial charge in [0.05, 0.1) is 11.0 Å². The zero-order valence-corrected chi connectivity index (χ0v) is 19.7. The van der Waals surface area contributed by atoms with Crippen LogP contribution in [0.15, 0.2) is 12.3 Å². The number of likely N-dealkylation sites (tertiary alicyclic amines) is 1. The van der Waals surface area contributed by atoms with Gasteiger partial charge in [0.15, 0.2) is 12.6 Å². The van der Waals surface area contributed by atoms with Crippen molar-refractivity contribution in [1.82, 2.24) is 14.8 Å². The number of aromatic nitrogens is 1. The van der Waals surface area contributed by atoms with Crippen LogP contribution in [0.1, 0.15) is 62.8 Å². The number of hydrogen-bond donors (Lipinski definition) is 0. The normalized spacial score (nSPS) is 40.4. The maximum Gasteiger partial charge on any atom is 0.417 e. The van der Waals surface area contributed by atoms with Gasteiger partial charge in [0.25, 0.3) is 0 Å². The summed E-state index contributed by atoms with van der Waals surface area (Å²) in [6.45, 7) is 6.27. The minimum absolute atomic E-state index is 0.00959. The van der Waals surface area contributed by atoms with Crippen LogP contribution in [0.5, 0.6) is 0 Å². The van der Waals surface area contributed by atoms with Gasteiger partial charge in [-0.25, -0.2) is 0 Å². The number of alkyl halides is 3. The molecule has 6 rings (SSSR count). The highest BCUT2D eigenvalue weighted by molar-refractivity contribution is 5.87. The number of carbonyl (C=O) groups is 1. The van der Waals surface area contributed by atoms with Gasteiger partial charge in [-0.05, 0) is 63.1 Å². The number of halogens is 3. The summed E-state index contributed by atoms with van der Waals surface area (Å²) in [5.74, 6) is 0.651. The molecule has 0 radical (unpaired) electrons. The molecule has 1 aromatic rings. The fourth-order valence-electron chi connectivity index (χ4n) is 7.31. The van der Waals surface area contributed by atoms with E-state index in [9.17, 15) is 18.0 Å². The van der Waals surface area contributed by atoms with Crippen LogP contribution in [0.25, 0.3) is 0 Å². The Hall–Kier alpha value is -1.71. The quantitative estimate of drug-likeness (QED) is 0.643. The Morgan fingerprint density at radius 2 is 2.00 bits per heavy atom. The van der Waals surface area contributed by atoms with Gasteiger partial charge in [0, 0.05) is 49.4 Å². The maximum atomic E-state index is 13.8. The maximum absolute atomic E-state index is 13.8. The van der Waals surface area contributed by atoms with E-state index in [1.165, 1.54) is 6.07 Å². The Kier molecular flexibility index (Phi) is 5.28. The smallest absolute Gasteiger partial charge is 0.334 e. The Bertz CT molecular complexity index is 982. The molecule has 1 amide bonds. The molecule has 186 valence electrons. The van der Waals surface area contributed by atoms with Crippen molar-refractivity contribution >= 4 is 5.91 Å². The summed E-state index contributed by atoms with van der Waals surface area (Å²) in [6.07, 6.45) is 1.67. The Morgan fingerprint density at radius 1 is 1.21 bits per heavy atom. The first kappa shape index (κ1) is 22.7. The number of rotatable bonds is 2. The number of amides is 1. The third-order valence-corrected chi connectivity index (χ3v) is 9.23. The molecular formula is C25H32F3N3O3. The van der Waals surface area contributed by atoms with E-state index < -0.39 is 17.2 Å². The van der Waals surface area contributed by atoms with Crippen LogP contribution in [-0.4, -0.2) is 58.4 Å². The molecule has 1 spiro atoms. The van der Waals surface area contributed by atoms with E-state index in [1.54, 1.807) is 0 Å². The van der Waals surface area contributed by atoms with Crippen LogP contribution in [0, 0.1) is 17.3 Å². The molecule has 1 saturated carbocycles. The lowest BCUT2D eigenvalue weighted by molar-refractivity contribution is -0.394. The van der Waals surface area contributed by atoms with Crippen molar-refractivity contribution in [3.8, 4) is 0 Å². The van der Waals surface area contributed by atoms with E-state index in [-0.39, 0.29) is 37.0 Å². The molecule has 5 atom stereocenters. The molecule has 9 heteroatoms. The minimum Gasteiger partial charge on any atom is -0.334 e. The molecule has 1 aliphatic carbocycles. The molecule has 0 N–H and O–H groups in total. The molecule has 5 heterocycles. The van der Waals surface area contributed by atoms with E-state index in [0.717, 1.165) is 51.4 Å². The molecule has 1 aromatic heterocycles. The lowest BCUT2D eigenvalue weighted by atomic mass is 9.73. The molecule has 4 fully saturated rings. The first-order valence-electron chi connectivity index (χ1n) is 12.6. The summed E-state index contributed by atoms with van der Waals surface area (Å²) in [5.41, 5.74) is 0.0734. The molecular weight excluding hydrogens is 447 g/mol. The van der Waals surface area contributed by atoms with Gasteiger partial charge in [-0.3, -0.25) is 14.7 Å². The lowest BCUT2D eigenvalue weighted by Crippen LogP contribution is -2.51. The van der Waals surface area contributed by atoms with Gasteiger partial charge in [0.2, 0.25) is 5.91 Å². The largest absolute Gasteiger partial charge is 0.417 e. The van der Waals surface area contributed by atoms with E-state index in [2.05, 4.69) is 16.8 Å². The Labute approximate surface area is 197 Å². The van der Waals surface area contributed by atoms with Crippen molar-refractivity contribution in [3.05, 3.63) is 29.1 Å². The summed E-state index contributed by atoms with van der Waals surface area (Å²) in [6, 6.07) is 1.54. The molecule has 6 nitrogen and oxygen atoms in total. The average Bonchev–Trinajstić information content (AvgIpc) is 3.32. The third kappa shape index (κ3) is 3.49. The number of carbonyl (C=O) groups excluding carboxylic acids is 1. The van der Waals surface area contributed by atoms with E-state index in [4.69, 9.17) is 9.47 Å². The van der Waals surface area contributed by atoms with Crippen molar-refractivity contribution in [1.29, 1.82) is 0 Å². The van der Waals surface area contributed by atoms with Crippen molar-refractivity contribution in [2.45, 2.75) is 89.8 Å². The van der Waals surface area contributed by atoms with E-state index >= 15 is 0 Å². The first-order valence-corrected chi connectivity index (χ1v) is 12.6. The highest BCUT2D eigenvalue weighted by atomic mass is 19.4. The highest BCUT2D eigenvalue weighted by Gasteiger charge is 2.61. The van der Waals surface area contributed by atoms with Gasteiger partial charge in [-0.2, -0.15) is 13.2 Å².